The second-order valence-electron chi connectivity index (χ2n) is 8.43. The summed E-state index contributed by atoms with van der Waals surface area (Å²) in [5.41, 5.74) is 0.00302. The van der Waals surface area contributed by atoms with Gasteiger partial charge in [-0.15, -0.1) is 0 Å². The van der Waals surface area contributed by atoms with Crippen LogP contribution >= 0.6 is 0 Å². The van der Waals surface area contributed by atoms with Gasteiger partial charge in [0.2, 0.25) is 0 Å². The van der Waals surface area contributed by atoms with Crippen LogP contribution in [0, 0.1) is 0 Å². The number of rotatable bonds is 6. The van der Waals surface area contributed by atoms with E-state index < -0.39 is 27.7 Å². The lowest BCUT2D eigenvalue weighted by Crippen LogP contribution is -2.28. The van der Waals surface area contributed by atoms with Crippen LogP contribution in [-0.4, -0.2) is 28.0 Å². The van der Waals surface area contributed by atoms with Crippen LogP contribution in [0.15, 0.2) is 41.3 Å². The number of anilines is 1. The number of nitrogens with one attached hydrogen (secondary N) is 2. The number of sulfonamides is 1. The van der Waals surface area contributed by atoms with Gasteiger partial charge in [0.05, 0.1) is 28.8 Å². The highest BCUT2D eigenvalue weighted by Crippen LogP contribution is 2.44. The molecule has 1 unspecified atom stereocenters. The lowest BCUT2D eigenvalue weighted by atomic mass is 9.95. The van der Waals surface area contributed by atoms with Gasteiger partial charge in [-0.25, -0.2) is 13.2 Å². The van der Waals surface area contributed by atoms with Crippen molar-refractivity contribution in [3.05, 3.63) is 58.7 Å². The number of halogens is 3. The molecule has 0 aromatic heterocycles. The Labute approximate surface area is 190 Å². The molecule has 1 saturated heterocycles. The van der Waals surface area contributed by atoms with Crippen molar-refractivity contribution in [1.82, 2.24) is 5.32 Å². The van der Waals surface area contributed by atoms with E-state index in [4.69, 9.17) is 4.74 Å². The van der Waals surface area contributed by atoms with Crippen LogP contribution in [0.25, 0.3) is 0 Å². The number of methoxy groups -OCH3 is 1. The summed E-state index contributed by atoms with van der Waals surface area (Å²) in [6.45, 7) is 0.699. The lowest BCUT2D eigenvalue weighted by molar-refractivity contribution is -0.137. The lowest BCUT2D eigenvalue weighted by Gasteiger charge is -2.27. The van der Waals surface area contributed by atoms with Gasteiger partial charge in [-0.05, 0) is 73.5 Å². The quantitative estimate of drug-likeness (QED) is 0.567. The highest BCUT2D eigenvalue weighted by Gasteiger charge is 2.34. The SMILES string of the molecule is COC(=O)c1ccc(C2CC2)c(S(=O)(=O)Nc2cc(C(F)(F)F)ccc2C2CCCCN2)c1. The minimum Gasteiger partial charge on any atom is -0.465 e. The Bertz CT molecular complexity index is 1150. The Morgan fingerprint density at radius 2 is 1.79 bits per heavy atom. The standard InChI is InChI=1S/C23H25F3N2O4S/c1-32-22(29)15-7-9-17(14-5-6-14)21(12-15)33(30,31)28-20-13-16(23(24,25)26)8-10-18(20)19-4-2-3-11-27-19/h7-10,12-14,19,27-28H,2-6,11H2,1H3. The molecule has 2 aliphatic rings. The number of esters is 1. The van der Waals surface area contributed by atoms with Gasteiger partial charge in [0.15, 0.2) is 0 Å². The highest BCUT2D eigenvalue weighted by atomic mass is 32.2. The second kappa shape index (κ2) is 8.98. The van der Waals surface area contributed by atoms with Crippen LogP contribution in [0.5, 0.6) is 0 Å². The zero-order valence-electron chi connectivity index (χ0n) is 18.0. The fourth-order valence-electron chi connectivity index (χ4n) is 4.19. The fourth-order valence-corrected chi connectivity index (χ4v) is 5.59. The van der Waals surface area contributed by atoms with Crippen LogP contribution in [0.4, 0.5) is 18.9 Å². The summed E-state index contributed by atoms with van der Waals surface area (Å²) in [5.74, 6) is -0.663. The third-order valence-electron chi connectivity index (χ3n) is 6.05. The maximum atomic E-state index is 13.4. The topological polar surface area (TPSA) is 84.5 Å². The van der Waals surface area contributed by atoms with E-state index >= 15 is 0 Å². The van der Waals surface area contributed by atoms with E-state index in [0.29, 0.717) is 24.1 Å². The number of carbonyl (C=O) groups is 1. The number of hydrogen-bond donors (Lipinski definition) is 2. The highest BCUT2D eigenvalue weighted by molar-refractivity contribution is 7.92. The van der Waals surface area contributed by atoms with Crippen molar-refractivity contribution >= 4 is 21.7 Å². The number of ether oxygens (including phenoxy) is 1. The number of benzene rings is 2. The summed E-state index contributed by atoms with van der Waals surface area (Å²) in [7, 11) is -3.10. The Morgan fingerprint density at radius 3 is 2.39 bits per heavy atom. The minimum atomic E-state index is -4.62. The molecule has 2 fully saturated rings. The first kappa shape index (κ1) is 23.6. The maximum Gasteiger partial charge on any atom is 0.416 e. The number of piperidine rings is 1. The third-order valence-corrected chi connectivity index (χ3v) is 7.47. The van der Waals surface area contributed by atoms with Gasteiger partial charge in [0.1, 0.15) is 0 Å². The number of alkyl halides is 3. The van der Waals surface area contributed by atoms with E-state index in [2.05, 4.69) is 10.0 Å². The summed E-state index contributed by atoms with van der Waals surface area (Å²) in [6, 6.07) is 7.18. The van der Waals surface area contributed by atoms with Crippen LogP contribution in [-0.2, 0) is 20.9 Å². The molecule has 0 radical (unpaired) electrons. The van der Waals surface area contributed by atoms with E-state index in [1.54, 1.807) is 6.07 Å². The van der Waals surface area contributed by atoms with Crippen molar-refractivity contribution in [3.63, 3.8) is 0 Å². The van der Waals surface area contributed by atoms with Gasteiger partial charge in [-0.3, -0.25) is 4.72 Å². The van der Waals surface area contributed by atoms with Gasteiger partial charge in [-0.1, -0.05) is 18.6 Å². The van der Waals surface area contributed by atoms with Gasteiger partial charge in [0, 0.05) is 6.04 Å². The van der Waals surface area contributed by atoms with E-state index in [9.17, 15) is 26.4 Å². The molecule has 10 heteroatoms. The summed E-state index contributed by atoms with van der Waals surface area (Å²) in [6.07, 6.45) is -0.489. The molecular weight excluding hydrogens is 457 g/mol. The van der Waals surface area contributed by atoms with Crippen LogP contribution < -0.4 is 10.0 Å². The van der Waals surface area contributed by atoms with Gasteiger partial charge in [-0.2, -0.15) is 13.2 Å². The number of hydrogen-bond acceptors (Lipinski definition) is 5. The van der Waals surface area contributed by atoms with E-state index in [-0.39, 0.29) is 28.1 Å². The van der Waals surface area contributed by atoms with Crippen LogP contribution in [0.3, 0.4) is 0 Å². The van der Waals surface area contributed by atoms with Crippen molar-refractivity contribution in [2.45, 2.75) is 55.1 Å². The Hall–Kier alpha value is -2.59. The van der Waals surface area contributed by atoms with Gasteiger partial charge in [0.25, 0.3) is 10.0 Å². The van der Waals surface area contributed by atoms with Crippen molar-refractivity contribution in [2.24, 2.45) is 0 Å². The molecule has 1 aliphatic heterocycles. The van der Waals surface area contributed by atoms with Crippen molar-refractivity contribution in [2.75, 3.05) is 18.4 Å². The van der Waals surface area contributed by atoms with E-state index in [1.807, 2.05) is 0 Å². The molecular formula is C23H25F3N2O4S. The average molecular weight is 483 g/mol. The predicted octanol–water partition coefficient (Wildman–Crippen LogP) is 4.98. The summed E-state index contributed by atoms with van der Waals surface area (Å²) in [4.78, 5) is 11.9. The molecule has 33 heavy (non-hydrogen) atoms. The largest absolute Gasteiger partial charge is 0.465 e. The molecule has 1 aliphatic carbocycles. The fraction of sp³-hybridized carbons (Fsp3) is 0.435. The summed E-state index contributed by atoms with van der Waals surface area (Å²) in [5, 5.41) is 3.25. The smallest absolute Gasteiger partial charge is 0.416 e. The molecule has 2 aromatic rings. The molecule has 1 atom stereocenters. The zero-order valence-corrected chi connectivity index (χ0v) is 18.9. The molecule has 178 valence electrons. The average Bonchev–Trinajstić information content (AvgIpc) is 3.63. The Kier molecular flexibility index (Phi) is 6.41. The van der Waals surface area contributed by atoms with Crippen molar-refractivity contribution in [3.8, 4) is 0 Å². The molecule has 0 spiro atoms. The van der Waals surface area contributed by atoms with Crippen LogP contribution in [0.2, 0.25) is 0 Å². The number of carbonyl (C=O) groups excluding carboxylic acids is 1. The van der Waals surface area contributed by atoms with E-state index in [1.165, 1.54) is 25.3 Å². The molecule has 1 saturated carbocycles. The molecule has 2 N–H and O–H groups in total. The summed E-state index contributed by atoms with van der Waals surface area (Å²) >= 11 is 0. The van der Waals surface area contributed by atoms with E-state index in [0.717, 1.165) is 37.8 Å². The monoisotopic (exact) mass is 482 g/mol. The molecule has 4 rings (SSSR count). The molecule has 6 nitrogen and oxygen atoms in total. The predicted molar refractivity (Wildman–Crippen MR) is 117 cm³/mol. The third kappa shape index (κ3) is 5.16. The first-order chi connectivity index (χ1) is 15.6. The van der Waals surface area contributed by atoms with Crippen LogP contribution in [0.1, 0.15) is 71.1 Å². The first-order valence-electron chi connectivity index (χ1n) is 10.8. The maximum absolute atomic E-state index is 13.4. The molecule has 2 aromatic carbocycles. The van der Waals surface area contributed by atoms with Crippen molar-refractivity contribution in [1.29, 1.82) is 0 Å². The zero-order chi connectivity index (χ0) is 23.8. The Balaban J connectivity index is 1.78. The first-order valence-corrected chi connectivity index (χ1v) is 12.3. The molecule has 1 heterocycles. The second-order valence-corrected chi connectivity index (χ2v) is 10.1. The van der Waals surface area contributed by atoms with Gasteiger partial charge < -0.3 is 10.1 Å². The molecule has 0 bridgehead atoms. The Morgan fingerprint density at radius 1 is 1.06 bits per heavy atom. The van der Waals surface area contributed by atoms with Gasteiger partial charge >= 0.3 is 12.1 Å². The normalized spacial score (nSPS) is 19.2. The van der Waals surface area contributed by atoms with Crippen molar-refractivity contribution < 1.29 is 31.1 Å². The summed E-state index contributed by atoms with van der Waals surface area (Å²) < 4.78 is 74.2. The minimum absolute atomic E-state index is 0.0317. The molecule has 0 amide bonds.